The number of amides is 1. The van der Waals surface area contributed by atoms with E-state index in [9.17, 15) is 35.9 Å². The molecule has 1 aromatic carbocycles. The lowest BCUT2D eigenvalue weighted by Crippen LogP contribution is -2.70. The molecule has 0 bridgehead atoms. The lowest BCUT2D eigenvalue weighted by molar-refractivity contribution is -0.265. The summed E-state index contributed by atoms with van der Waals surface area (Å²) in [5.74, 6) is -3.62. The monoisotopic (exact) mass is 469 g/mol. The molecule has 0 aliphatic carbocycles. The highest BCUT2D eigenvalue weighted by atomic mass is 19.4. The standard InChI is InChI=1S/C17H17F6N5O4/c1-7-14(29)26-28(32-15(30)17(21,22)23)13-6-31-12-2-9(16(18,19)20)10(3-11(12)27(7)13)25-8-4-24-5-8/h2-3,7-8,13,24-25H,4-6H2,1H3,(H,26,29). The molecule has 2 fully saturated rings. The Balaban J connectivity index is 1.72. The van der Waals surface area contributed by atoms with E-state index in [1.807, 2.05) is 5.43 Å². The predicted molar refractivity (Wildman–Crippen MR) is 95.1 cm³/mol. The predicted octanol–water partition coefficient (Wildman–Crippen LogP) is 1.37. The van der Waals surface area contributed by atoms with Crippen LogP contribution in [0.15, 0.2) is 12.1 Å². The number of alkyl halides is 6. The van der Waals surface area contributed by atoms with E-state index in [0.717, 1.165) is 12.1 Å². The molecule has 3 aliphatic heterocycles. The first-order valence-corrected chi connectivity index (χ1v) is 9.38. The van der Waals surface area contributed by atoms with Crippen molar-refractivity contribution in [1.29, 1.82) is 0 Å². The Hall–Kier alpha value is -2.94. The molecule has 3 heterocycles. The fraction of sp³-hybridized carbons (Fsp3) is 0.529. The van der Waals surface area contributed by atoms with Gasteiger partial charge in [0.25, 0.3) is 5.91 Å². The number of hydroxylamine groups is 1. The van der Waals surface area contributed by atoms with Gasteiger partial charge in [0.1, 0.15) is 18.4 Å². The van der Waals surface area contributed by atoms with Crippen molar-refractivity contribution in [3.8, 4) is 5.75 Å². The third-order valence-electron chi connectivity index (χ3n) is 5.23. The second-order valence-corrected chi connectivity index (χ2v) is 7.42. The van der Waals surface area contributed by atoms with E-state index in [1.165, 1.54) is 11.8 Å². The number of halogens is 6. The van der Waals surface area contributed by atoms with Gasteiger partial charge in [-0.05, 0) is 24.2 Å². The first kappa shape index (κ1) is 22.3. The maximum Gasteiger partial charge on any atom is 0.492 e. The number of nitrogens with one attached hydrogen (secondary N) is 3. The SMILES string of the molecule is CC1C(=O)NN(OC(=O)C(F)(F)F)C2COc3cc(C(F)(F)F)c(NC4CNC4)cc3N12. The second-order valence-electron chi connectivity index (χ2n) is 7.42. The van der Waals surface area contributed by atoms with Gasteiger partial charge in [0.15, 0.2) is 6.17 Å². The molecule has 176 valence electrons. The van der Waals surface area contributed by atoms with Crippen LogP contribution in [0.2, 0.25) is 0 Å². The Labute approximate surface area is 176 Å². The lowest BCUT2D eigenvalue weighted by Gasteiger charge is -2.48. The molecular weight excluding hydrogens is 452 g/mol. The van der Waals surface area contributed by atoms with Crippen molar-refractivity contribution in [3.05, 3.63) is 17.7 Å². The summed E-state index contributed by atoms with van der Waals surface area (Å²) in [4.78, 5) is 29.1. The minimum absolute atomic E-state index is 0.0273. The number of nitrogens with zero attached hydrogens (tertiary/aromatic N) is 2. The number of anilines is 2. The Morgan fingerprint density at radius 2 is 1.91 bits per heavy atom. The fourth-order valence-corrected chi connectivity index (χ4v) is 3.53. The molecule has 1 aromatic rings. The smallest absolute Gasteiger partial charge is 0.488 e. The van der Waals surface area contributed by atoms with E-state index in [-0.39, 0.29) is 23.2 Å². The van der Waals surface area contributed by atoms with Crippen molar-refractivity contribution in [2.24, 2.45) is 0 Å². The third-order valence-corrected chi connectivity index (χ3v) is 5.23. The van der Waals surface area contributed by atoms with Gasteiger partial charge in [0, 0.05) is 18.8 Å². The summed E-state index contributed by atoms with van der Waals surface area (Å²) in [6, 6.07) is 0.617. The van der Waals surface area contributed by atoms with E-state index >= 15 is 0 Å². The van der Waals surface area contributed by atoms with Crippen LogP contribution in [0.25, 0.3) is 0 Å². The van der Waals surface area contributed by atoms with Gasteiger partial charge in [0.2, 0.25) is 0 Å². The van der Waals surface area contributed by atoms with Gasteiger partial charge in [-0.25, -0.2) is 4.79 Å². The van der Waals surface area contributed by atoms with Crippen molar-refractivity contribution in [2.45, 2.75) is 37.5 Å². The van der Waals surface area contributed by atoms with Gasteiger partial charge >= 0.3 is 18.3 Å². The molecule has 32 heavy (non-hydrogen) atoms. The van der Waals surface area contributed by atoms with Crippen LogP contribution in [0, 0.1) is 0 Å². The third kappa shape index (κ3) is 3.97. The minimum Gasteiger partial charge on any atom is -0.488 e. The van der Waals surface area contributed by atoms with Crippen molar-refractivity contribution in [3.63, 3.8) is 0 Å². The number of fused-ring (bicyclic) bond motifs is 3. The summed E-state index contributed by atoms with van der Waals surface area (Å²) < 4.78 is 84.1. The number of hydrogen-bond acceptors (Lipinski definition) is 8. The van der Waals surface area contributed by atoms with Gasteiger partial charge in [-0.15, -0.1) is 0 Å². The van der Waals surface area contributed by atoms with Crippen LogP contribution in [0.5, 0.6) is 5.75 Å². The van der Waals surface area contributed by atoms with E-state index in [0.29, 0.717) is 18.3 Å². The molecule has 9 nitrogen and oxygen atoms in total. The van der Waals surface area contributed by atoms with E-state index in [4.69, 9.17) is 4.74 Å². The normalized spacial score (nSPS) is 24.0. The van der Waals surface area contributed by atoms with Crippen molar-refractivity contribution in [2.75, 3.05) is 29.9 Å². The summed E-state index contributed by atoms with van der Waals surface area (Å²) in [6.07, 6.45) is -11.3. The largest absolute Gasteiger partial charge is 0.492 e. The number of hydrazine groups is 1. The van der Waals surface area contributed by atoms with Crippen molar-refractivity contribution < 1.29 is 45.5 Å². The highest BCUT2D eigenvalue weighted by Gasteiger charge is 2.49. The van der Waals surface area contributed by atoms with Gasteiger partial charge < -0.3 is 25.1 Å². The van der Waals surface area contributed by atoms with Crippen LogP contribution < -0.4 is 25.7 Å². The van der Waals surface area contributed by atoms with Crippen LogP contribution in [0.3, 0.4) is 0 Å². The van der Waals surface area contributed by atoms with Gasteiger partial charge in [-0.3, -0.25) is 10.2 Å². The first-order chi connectivity index (χ1) is 14.9. The first-order valence-electron chi connectivity index (χ1n) is 9.38. The number of benzene rings is 1. The van der Waals surface area contributed by atoms with Gasteiger partial charge in [0.05, 0.1) is 17.3 Å². The second kappa shape index (κ2) is 7.58. The summed E-state index contributed by atoms with van der Waals surface area (Å²) in [5.41, 5.74) is 0.789. The number of carbonyl (C=O) groups is 2. The number of rotatable bonds is 3. The highest BCUT2D eigenvalue weighted by molar-refractivity contribution is 5.88. The fourth-order valence-electron chi connectivity index (χ4n) is 3.53. The average molecular weight is 469 g/mol. The molecule has 15 heteroatoms. The zero-order chi connectivity index (χ0) is 23.4. The molecule has 3 N–H and O–H groups in total. The van der Waals surface area contributed by atoms with Crippen molar-refractivity contribution >= 4 is 23.3 Å². The Morgan fingerprint density at radius 3 is 2.47 bits per heavy atom. The molecule has 2 atom stereocenters. The maximum atomic E-state index is 13.6. The summed E-state index contributed by atoms with van der Waals surface area (Å²) in [7, 11) is 0. The van der Waals surface area contributed by atoms with E-state index in [2.05, 4.69) is 15.5 Å². The number of hydrogen-bond donors (Lipinski definition) is 3. The molecule has 3 aliphatic rings. The molecule has 0 saturated carbocycles. The zero-order valence-electron chi connectivity index (χ0n) is 16.3. The summed E-state index contributed by atoms with van der Waals surface area (Å²) in [5, 5.41) is 5.99. The molecule has 4 rings (SSSR count). The number of ether oxygens (including phenoxy) is 1. The number of carbonyl (C=O) groups excluding carboxylic acids is 2. The molecule has 0 spiro atoms. The maximum absolute atomic E-state index is 13.6. The molecule has 2 saturated heterocycles. The highest BCUT2D eigenvalue weighted by Crippen LogP contribution is 2.45. The van der Waals surface area contributed by atoms with Crippen LogP contribution >= 0.6 is 0 Å². The summed E-state index contributed by atoms with van der Waals surface area (Å²) in [6.45, 7) is 1.80. The van der Waals surface area contributed by atoms with Gasteiger partial charge in [-0.2, -0.15) is 26.3 Å². The zero-order valence-corrected chi connectivity index (χ0v) is 16.3. The Kier molecular flexibility index (Phi) is 5.27. The molecule has 1 amide bonds. The van der Waals surface area contributed by atoms with Crippen LogP contribution in [-0.2, 0) is 20.6 Å². The molecular formula is C17H17F6N5O4. The van der Waals surface area contributed by atoms with E-state index in [1.54, 1.807) is 0 Å². The Morgan fingerprint density at radius 1 is 1.22 bits per heavy atom. The topological polar surface area (TPSA) is 95.2 Å². The lowest BCUT2D eigenvalue weighted by atomic mass is 10.0. The van der Waals surface area contributed by atoms with Gasteiger partial charge in [-0.1, -0.05) is 0 Å². The van der Waals surface area contributed by atoms with Crippen LogP contribution in [-0.4, -0.2) is 61.2 Å². The van der Waals surface area contributed by atoms with Crippen molar-refractivity contribution in [1.82, 2.24) is 15.9 Å². The Bertz CT molecular complexity index is 935. The van der Waals surface area contributed by atoms with Crippen LogP contribution in [0.1, 0.15) is 12.5 Å². The van der Waals surface area contributed by atoms with Crippen LogP contribution in [0.4, 0.5) is 37.7 Å². The molecule has 0 radical (unpaired) electrons. The average Bonchev–Trinajstić information content (AvgIpc) is 2.65. The molecule has 2 unspecified atom stereocenters. The van der Waals surface area contributed by atoms with E-state index < -0.39 is 48.6 Å². The molecule has 0 aromatic heterocycles. The summed E-state index contributed by atoms with van der Waals surface area (Å²) >= 11 is 0. The quantitative estimate of drug-likeness (QED) is 0.572. The minimum atomic E-state index is -5.33.